The van der Waals surface area contributed by atoms with Crippen molar-refractivity contribution < 1.29 is 9.18 Å². The van der Waals surface area contributed by atoms with Crippen LogP contribution in [-0.4, -0.2) is 11.7 Å². The Hall–Kier alpha value is -1.03. The first-order valence-corrected chi connectivity index (χ1v) is 4.94. The largest absolute Gasteiger partial charge is 0.326 e. The van der Waals surface area contributed by atoms with Crippen molar-refractivity contribution in [3.05, 3.63) is 29.6 Å². The standard InChI is InChI=1S/C10H12FNOS/c1-7-8(11)3-2-4-9(7)12-10(13)5-6-14/h2-4,14H,5-6H2,1H3,(H,12,13). The van der Waals surface area contributed by atoms with Crippen LogP contribution in [0.2, 0.25) is 0 Å². The van der Waals surface area contributed by atoms with E-state index in [1.54, 1.807) is 19.1 Å². The summed E-state index contributed by atoms with van der Waals surface area (Å²) < 4.78 is 13.0. The minimum atomic E-state index is -0.311. The molecule has 0 radical (unpaired) electrons. The van der Waals surface area contributed by atoms with E-state index >= 15 is 0 Å². The zero-order valence-electron chi connectivity index (χ0n) is 7.88. The molecule has 0 atom stereocenters. The molecule has 76 valence electrons. The van der Waals surface area contributed by atoms with Gasteiger partial charge >= 0.3 is 0 Å². The lowest BCUT2D eigenvalue weighted by atomic mass is 10.2. The second-order valence-electron chi connectivity index (χ2n) is 2.93. The molecule has 0 saturated carbocycles. The summed E-state index contributed by atoms with van der Waals surface area (Å²) in [4.78, 5) is 11.2. The Labute approximate surface area is 87.9 Å². The summed E-state index contributed by atoms with van der Waals surface area (Å²) in [6.45, 7) is 1.63. The van der Waals surface area contributed by atoms with Gasteiger partial charge < -0.3 is 5.32 Å². The number of hydrogen-bond acceptors (Lipinski definition) is 2. The van der Waals surface area contributed by atoms with E-state index in [0.29, 0.717) is 23.4 Å². The highest BCUT2D eigenvalue weighted by atomic mass is 32.1. The van der Waals surface area contributed by atoms with Crippen LogP contribution in [0, 0.1) is 12.7 Å². The number of carbonyl (C=O) groups excluding carboxylic acids is 1. The van der Waals surface area contributed by atoms with Crippen LogP contribution in [0.25, 0.3) is 0 Å². The van der Waals surface area contributed by atoms with Gasteiger partial charge in [0, 0.05) is 17.7 Å². The molecule has 0 aliphatic rings. The van der Waals surface area contributed by atoms with E-state index in [-0.39, 0.29) is 11.7 Å². The monoisotopic (exact) mass is 213 g/mol. The number of rotatable bonds is 3. The fourth-order valence-electron chi connectivity index (χ4n) is 1.06. The zero-order valence-corrected chi connectivity index (χ0v) is 8.77. The number of nitrogens with one attached hydrogen (secondary N) is 1. The molecule has 4 heteroatoms. The number of amides is 1. The number of anilines is 1. The molecule has 0 heterocycles. The van der Waals surface area contributed by atoms with Crippen LogP contribution in [-0.2, 0) is 4.79 Å². The van der Waals surface area contributed by atoms with Crippen LogP contribution >= 0.6 is 12.6 Å². The Balaban J connectivity index is 2.76. The highest BCUT2D eigenvalue weighted by molar-refractivity contribution is 7.80. The molecule has 0 unspecified atom stereocenters. The number of carbonyl (C=O) groups is 1. The summed E-state index contributed by atoms with van der Waals surface area (Å²) in [5, 5.41) is 2.62. The molecule has 14 heavy (non-hydrogen) atoms. The van der Waals surface area contributed by atoms with Gasteiger partial charge in [-0.15, -0.1) is 0 Å². The van der Waals surface area contributed by atoms with E-state index in [4.69, 9.17) is 0 Å². The highest BCUT2D eigenvalue weighted by Gasteiger charge is 2.06. The van der Waals surface area contributed by atoms with Crippen molar-refractivity contribution in [2.24, 2.45) is 0 Å². The van der Waals surface area contributed by atoms with E-state index in [1.807, 2.05) is 0 Å². The molecule has 1 N–H and O–H groups in total. The Morgan fingerprint density at radius 2 is 2.29 bits per heavy atom. The molecular formula is C10H12FNOS. The normalized spacial score (nSPS) is 9.93. The predicted octanol–water partition coefficient (Wildman–Crippen LogP) is 2.39. The molecular weight excluding hydrogens is 201 g/mol. The third-order valence-electron chi connectivity index (χ3n) is 1.88. The predicted molar refractivity (Wildman–Crippen MR) is 58.2 cm³/mol. The average Bonchev–Trinajstić information content (AvgIpc) is 2.13. The van der Waals surface area contributed by atoms with Crippen molar-refractivity contribution in [1.29, 1.82) is 0 Å². The van der Waals surface area contributed by atoms with Gasteiger partial charge in [-0.05, 0) is 24.8 Å². The van der Waals surface area contributed by atoms with Crippen molar-refractivity contribution in [1.82, 2.24) is 0 Å². The molecule has 0 saturated heterocycles. The lowest BCUT2D eigenvalue weighted by molar-refractivity contribution is -0.115. The van der Waals surface area contributed by atoms with Gasteiger partial charge in [-0.3, -0.25) is 4.79 Å². The van der Waals surface area contributed by atoms with Gasteiger partial charge in [0.2, 0.25) is 5.91 Å². The van der Waals surface area contributed by atoms with E-state index in [1.165, 1.54) is 6.07 Å². The Bertz CT molecular complexity index is 341. The van der Waals surface area contributed by atoms with E-state index in [9.17, 15) is 9.18 Å². The van der Waals surface area contributed by atoms with Crippen LogP contribution in [0.3, 0.4) is 0 Å². The van der Waals surface area contributed by atoms with E-state index in [2.05, 4.69) is 17.9 Å². The summed E-state index contributed by atoms with van der Waals surface area (Å²) in [5.74, 6) is 0.0302. The Morgan fingerprint density at radius 1 is 1.57 bits per heavy atom. The quantitative estimate of drug-likeness (QED) is 0.742. The topological polar surface area (TPSA) is 29.1 Å². The maximum absolute atomic E-state index is 13.0. The molecule has 1 rings (SSSR count). The summed E-state index contributed by atoms with van der Waals surface area (Å²) >= 11 is 3.94. The fraction of sp³-hybridized carbons (Fsp3) is 0.300. The van der Waals surface area contributed by atoms with Crippen LogP contribution in [0.1, 0.15) is 12.0 Å². The van der Waals surface area contributed by atoms with Crippen LogP contribution < -0.4 is 5.32 Å². The molecule has 2 nitrogen and oxygen atoms in total. The smallest absolute Gasteiger partial charge is 0.225 e. The summed E-state index contributed by atoms with van der Waals surface area (Å²) in [6, 6.07) is 4.61. The molecule has 1 amide bonds. The second-order valence-corrected chi connectivity index (χ2v) is 3.38. The molecule has 0 aromatic heterocycles. The number of hydrogen-bond donors (Lipinski definition) is 2. The highest BCUT2D eigenvalue weighted by Crippen LogP contribution is 2.17. The Morgan fingerprint density at radius 3 is 2.93 bits per heavy atom. The van der Waals surface area contributed by atoms with Gasteiger partial charge in [0.15, 0.2) is 0 Å². The molecule has 0 spiro atoms. The van der Waals surface area contributed by atoms with Crippen LogP contribution in [0.15, 0.2) is 18.2 Å². The molecule has 0 aliphatic heterocycles. The number of halogens is 1. The third kappa shape index (κ3) is 2.73. The van der Waals surface area contributed by atoms with Gasteiger partial charge in [-0.1, -0.05) is 6.07 Å². The number of thiol groups is 1. The SMILES string of the molecule is Cc1c(F)cccc1NC(=O)CCS. The first-order valence-electron chi connectivity index (χ1n) is 4.31. The summed E-state index contributed by atoms with van der Waals surface area (Å²) in [6.07, 6.45) is 0.332. The maximum atomic E-state index is 13.0. The van der Waals surface area contributed by atoms with Crippen molar-refractivity contribution in [2.75, 3.05) is 11.1 Å². The van der Waals surface area contributed by atoms with Crippen LogP contribution in [0.4, 0.5) is 10.1 Å². The zero-order chi connectivity index (χ0) is 10.6. The lowest BCUT2D eigenvalue weighted by Crippen LogP contribution is -2.12. The summed E-state index contributed by atoms with van der Waals surface area (Å²) in [7, 11) is 0. The maximum Gasteiger partial charge on any atom is 0.225 e. The fourth-order valence-corrected chi connectivity index (χ4v) is 1.26. The van der Waals surface area contributed by atoms with Crippen molar-refractivity contribution in [3.63, 3.8) is 0 Å². The third-order valence-corrected chi connectivity index (χ3v) is 2.10. The van der Waals surface area contributed by atoms with Gasteiger partial charge in [-0.2, -0.15) is 12.6 Å². The molecule has 1 aromatic rings. The second kappa shape index (κ2) is 5.00. The lowest BCUT2D eigenvalue weighted by Gasteiger charge is -2.07. The molecule has 0 fully saturated rings. The number of benzene rings is 1. The molecule has 0 bridgehead atoms. The molecule has 0 aliphatic carbocycles. The van der Waals surface area contributed by atoms with Crippen molar-refractivity contribution >= 4 is 24.2 Å². The van der Waals surface area contributed by atoms with E-state index in [0.717, 1.165) is 0 Å². The van der Waals surface area contributed by atoms with Gasteiger partial charge in [0.1, 0.15) is 5.82 Å². The minimum Gasteiger partial charge on any atom is -0.326 e. The minimum absolute atomic E-state index is 0.145. The Kier molecular flexibility index (Phi) is 3.95. The average molecular weight is 213 g/mol. The van der Waals surface area contributed by atoms with E-state index < -0.39 is 0 Å². The van der Waals surface area contributed by atoms with Gasteiger partial charge in [0.25, 0.3) is 0 Å². The summed E-state index contributed by atoms with van der Waals surface area (Å²) in [5.41, 5.74) is 0.983. The van der Waals surface area contributed by atoms with Gasteiger partial charge in [-0.25, -0.2) is 4.39 Å². The van der Waals surface area contributed by atoms with Crippen LogP contribution in [0.5, 0.6) is 0 Å². The first kappa shape index (κ1) is 11.0. The van der Waals surface area contributed by atoms with Crippen molar-refractivity contribution in [2.45, 2.75) is 13.3 Å². The molecule has 1 aromatic carbocycles. The van der Waals surface area contributed by atoms with Crippen molar-refractivity contribution in [3.8, 4) is 0 Å². The first-order chi connectivity index (χ1) is 6.65. The van der Waals surface area contributed by atoms with Gasteiger partial charge in [0.05, 0.1) is 0 Å².